The first-order valence-corrected chi connectivity index (χ1v) is 8.35. The molecule has 3 rings (SSSR count). The second kappa shape index (κ2) is 8.19. The molecule has 0 unspecified atom stereocenters. The highest BCUT2D eigenvalue weighted by Gasteiger charge is 2.15. The van der Waals surface area contributed by atoms with E-state index in [4.69, 9.17) is 9.47 Å². The van der Waals surface area contributed by atoms with Crippen LogP contribution in [-0.2, 0) is 0 Å². The molecule has 5 heteroatoms. The zero-order valence-electron chi connectivity index (χ0n) is 15.1. The third kappa shape index (κ3) is 4.15. The number of carbonyl (C=O) groups excluding carboxylic acids is 2. The Morgan fingerprint density at radius 1 is 0.778 bits per heavy atom. The first-order chi connectivity index (χ1) is 13.1. The molecule has 0 aliphatic heterocycles. The predicted molar refractivity (Wildman–Crippen MR) is 104 cm³/mol. The molecule has 0 spiro atoms. The molecule has 0 aliphatic carbocycles. The zero-order chi connectivity index (χ0) is 19.2. The fourth-order valence-corrected chi connectivity index (χ4v) is 2.68. The number of ketones is 1. The van der Waals surface area contributed by atoms with Crippen LogP contribution in [0.15, 0.2) is 72.8 Å². The molecule has 3 aromatic carbocycles. The van der Waals surface area contributed by atoms with E-state index in [1.54, 1.807) is 54.6 Å². The van der Waals surface area contributed by atoms with Crippen molar-refractivity contribution in [1.29, 1.82) is 0 Å². The molecule has 0 radical (unpaired) electrons. The van der Waals surface area contributed by atoms with Crippen molar-refractivity contribution in [3.05, 3.63) is 89.5 Å². The van der Waals surface area contributed by atoms with Crippen molar-refractivity contribution in [2.45, 2.75) is 0 Å². The minimum atomic E-state index is -0.352. The van der Waals surface area contributed by atoms with E-state index >= 15 is 0 Å². The molecule has 0 saturated heterocycles. The van der Waals surface area contributed by atoms with Crippen molar-refractivity contribution in [3.63, 3.8) is 0 Å². The monoisotopic (exact) mass is 361 g/mol. The summed E-state index contributed by atoms with van der Waals surface area (Å²) in [5.41, 5.74) is 1.95. The van der Waals surface area contributed by atoms with Gasteiger partial charge in [0.1, 0.15) is 11.5 Å². The molecule has 27 heavy (non-hydrogen) atoms. The number of hydrogen-bond donors (Lipinski definition) is 1. The number of amides is 1. The number of carbonyl (C=O) groups is 2. The summed E-state index contributed by atoms with van der Waals surface area (Å²) in [4.78, 5) is 25.3. The number of benzene rings is 3. The Hall–Kier alpha value is -3.60. The van der Waals surface area contributed by atoms with Gasteiger partial charge in [0.05, 0.1) is 19.8 Å². The molecule has 0 fully saturated rings. The Labute approximate surface area is 157 Å². The smallest absolute Gasteiger partial charge is 0.259 e. The maximum atomic E-state index is 12.7. The van der Waals surface area contributed by atoms with Crippen LogP contribution in [-0.4, -0.2) is 25.9 Å². The Morgan fingerprint density at radius 3 is 2.22 bits per heavy atom. The molecule has 5 nitrogen and oxygen atoms in total. The van der Waals surface area contributed by atoms with Crippen molar-refractivity contribution < 1.29 is 19.1 Å². The van der Waals surface area contributed by atoms with Gasteiger partial charge in [-0.15, -0.1) is 0 Å². The summed E-state index contributed by atoms with van der Waals surface area (Å²) in [6, 6.07) is 20.8. The molecular weight excluding hydrogens is 342 g/mol. The van der Waals surface area contributed by atoms with E-state index in [-0.39, 0.29) is 11.7 Å². The maximum absolute atomic E-state index is 12.7. The van der Waals surface area contributed by atoms with Gasteiger partial charge in [-0.2, -0.15) is 0 Å². The molecule has 0 aliphatic rings. The van der Waals surface area contributed by atoms with Crippen molar-refractivity contribution in [2.75, 3.05) is 19.5 Å². The Morgan fingerprint density at radius 2 is 1.52 bits per heavy atom. The molecule has 0 saturated carbocycles. The van der Waals surface area contributed by atoms with Gasteiger partial charge in [0.15, 0.2) is 5.78 Å². The van der Waals surface area contributed by atoms with E-state index in [2.05, 4.69) is 5.32 Å². The number of nitrogens with one attached hydrogen (secondary N) is 1. The van der Waals surface area contributed by atoms with Gasteiger partial charge >= 0.3 is 0 Å². The third-order valence-electron chi connectivity index (χ3n) is 4.07. The van der Waals surface area contributed by atoms with Crippen LogP contribution in [0.1, 0.15) is 26.3 Å². The summed E-state index contributed by atoms with van der Waals surface area (Å²) in [5, 5.41) is 2.80. The lowest BCUT2D eigenvalue weighted by Gasteiger charge is -2.11. The minimum Gasteiger partial charge on any atom is -0.497 e. The van der Waals surface area contributed by atoms with Crippen LogP contribution in [0.25, 0.3) is 0 Å². The lowest BCUT2D eigenvalue weighted by molar-refractivity contribution is 0.101. The van der Waals surface area contributed by atoms with Crippen molar-refractivity contribution in [3.8, 4) is 11.5 Å². The number of rotatable bonds is 6. The summed E-state index contributed by atoms with van der Waals surface area (Å²) in [5.74, 6) is 0.527. The fraction of sp³-hybridized carbons (Fsp3) is 0.0909. The zero-order valence-corrected chi connectivity index (χ0v) is 15.1. The molecule has 1 amide bonds. The molecule has 0 atom stereocenters. The van der Waals surface area contributed by atoms with Crippen LogP contribution in [0.3, 0.4) is 0 Å². The number of hydrogen-bond acceptors (Lipinski definition) is 4. The fourth-order valence-electron chi connectivity index (χ4n) is 2.68. The first-order valence-electron chi connectivity index (χ1n) is 8.35. The topological polar surface area (TPSA) is 64.6 Å². The van der Waals surface area contributed by atoms with Gasteiger partial charge in [-0.1, -0.05) is 42.5 Å². The lowest BCUT2D eigenvalue weighted by Crippen LogP contribution is -2.14. The van der Waals surface area contributed by atoms with Crippen LogP contribution >= 0.6 is 0 Å². The van der Waals surface area contributed by atoms with Crippen LogP contribution in [0.2, 0.25) is 0 Å². The van der Waals surface area contributed by atoms with Gasteiger partial charge < -0.3 is 14.8 Å². The molecule has 3 aromatic rings. The Kier molecular flexibility index (Phi) is 5.52. The molecule has 1 N–H and O–H groups in total. The van der Waals surface area contributed by atoms with Gasteiger partial charge in [-0.25, -0.2) is 0 Å². The molecular formula is C22H19NO4. The highest BCUT2D eigenvalue weighted by Crippen LogP contribution is 2.25. The predicted octanol–water partition coefficient (Wildman–Crippen LogP) is 4.19. The standard InChI is InChI=1S/C22H19NO4/c1-26-18-11-12-20(27-2)19(14-18)22(25)23-17-10-6-9-16(13-17)21(24)15-7-4-3-5-8-15/h3-14H,1-2H3,(H,23,25). The molecule has 0 heterocycles. The van der Waals surface area contributed by atoms with Gasteiger partial charge in [-0.05, 0) is 30.3 Å². The summed E-state index contributed by atoms with van der Waals surface area (Å²) < 4.78 is 10.4. The van der Waals surface area contributed by atoms with Crippen molar-refractivity contribution in [2.24, 2.45) is 0 Å². The summed E-state index contributed by atoms with van der Waals surface area (Å²) in [6.45, 7) is 0. The summed E-state index contributed by atoms with van der Waals surface area (Å²) >= 11 is 0. The maximum Gasteiger partial charge on any atom is 0.259 e. The molecule has 0 bridgehead atoms. The van der Waals surface area contributed by atoms with Crippen LogP contribution in [0.4, 0.5) is 5.69 Å². The average molecular weight is 361 g/mol. The van der Waals surface area contributed by atoms with Crippen LogP contribution < -0.4 is 14.8 Å². The highest BCUT2D eigenvalue weighted by atomic mass is 16.5. The van der Waals surface area contributed by atoms with E-state index < -0.39 is 0 Å². The Bertz CT molecular complexity index is 967. The van der Waals surface area contributed by atoms with Crippen LogP contribution in [0, 0.1) is 0 Å². The first kappa shape index (κ1) is 18.2. The second-order valence-corrected chi connectivity index (χ2v) is 5.80. The van der Waals surface area contributed by atoms with Gasteiger partial charge in [0.25, 0.3) is 5.91 Å². The second-order valence-electron chi connectivity index (χ2n) is 5.80. The van der Waals surface area contributed by atoms with E-state index in [0.29, 0.717) is 33.9 Å². The van der Waals surface area contributed by atoms with Crippen LogP contribution in [0.5, 0.6) is 11.5 Å². The minimum absolute atomic E-state index is 0.106. The SMILES string of the molecule is COc1ccc(OC)c(C(=O)Nc2cccc(C(=O)c3ccccc3)c2)c1. The number of anilines is 1. The van der Waals surface area contributed by atoms with Gasteiger partial charge in [0.2, 0.25) is 0 Å². The van der Waals surface area contributed by atoms with E-state index in [0.717, 1.165) is 0 Å². The van der Waals surface area contributed by atoms with E-state index in [1.165, 1.54) is 14.2 Å². The van der Waals surface area contributed by atoms with Gasteiger partial charge in [0, 0.05) is 16.8 Å². The molecule has 136 valence electrons. The van der Waals surface area contributed by atoms with Crippen molar-refractivity contribution in [1.82, 2.24) is 0 Å². The van der Waals surface area contributed by atoms with E-state index in [1.807, 2.05) is 18.2 Å². The largest absolute Gasteiger partial charge is 0.497 e. The van der Waals surface area contributed by atoms with Gasteiger partial charge in [-0.3, -0.25) is 9.59 Å². The normalized spacial score (nSPS) is 10.1. The quantitative estimate of drug-likeness (QED) is 0.669. The van der Waals surface area contributed by atoms with Crippen molar-refractivity contribution >= 4 is 17.4 Å². The third-order valence-corrected chi connectivity index (χ3v) is 4.07. The number of methoxy groups -OCH3 is 2. The highest BCUT2D eigenvalue weighted by molar-refractivity contribution is 6.11. The lowest BCUT2D eigenvalue weighted by atomic mass is 10.0. The molecule has 0 aromatic heterocycles. The van der Waals surface area contributed by atoms with E-state index in [9.17, 15) is 9.59 Å². The Balaban J connectivity index is 1.84. The summed E-state index contributed by atoms with van der Waals surface area (Å²) in [6.07, 6.45) is 0. The number of ether oxygens (including phenoxy) is 2. The summed E-state index contributed by atoms with van der Waals surface area (Å²) in [7, 11) is 3.03. The average Bonchev–Trinajstić information content (AvgIpc) is 2.73.